The van der Waals surface area contributed by atoms with Gasteiger partial charge < -0.3 is 10.5 Å². The lowest BCUT2D eigenvalue weighted by atomic mass is 10.2. The number of hydrogen-bond acceptors (Lipinski definition) is 3. The Bertz CT molecular complexity index is 264. The zero-order valence-electron chi connectivity index (χ0n) is 8.75. The Balaban J connectivity index is 2.98. The van der Waals surface area contributed by atoms with E-state index in [1.165, 1.54) is 4.90 Å². The Morgan fingerprint density at radius 2 is 2.14 bits per heavy atom. The van der Waals surface area contributed by atoms with Gasteiger partial charge in [-0.25, -0.2) is 0 Å². The summed E-state index contributed by atoms with van der Waals surface area (Å²) in [7, 11) is 0. The molecule has 2 nitrogen and oxygen atoms in total. The second kappa shape index (κ2) is 5.94. The first-order chi connectivity index (χ1) is 6.83. The number of rotatable bonds is 5. The van der Waals surface area contributed by atoms with Crippen LogP contribution in [0.15, 0.2) is 23.1 Å². The minimum absolute atomic E-state index is 0.540. The molecule has 0 radical (unpaired) electrons. The quantitative estimate of drug-likeness (QED) is 0.760. The van der Waals surface area contributed by atoms with Gasteiger partial charge in [-0.1, -0.05) is 13.0 Å². The molecular weight excluding hydrogens is 194 g/mol. The van der Waals surface area contributed by atoms with Crippen molar-refractivity contribution in [3.8, 4) is 5.75 Å². The molecule has 0 spiro atoms. The van der Waals surface area contributed by atoms with Crippen LogP contribution < -0.4 is 10.5 Å². The number of thioether (sulfide) groups is 1. The zero-order valence-corrected chi connectivity index (χ0v) is 9.56. The monoisotopic (exact) mass is 211 g/mol. The van der Waals surface area contributed by atoms with Crippen LogP contribution in [0, 0.1) is 0 Å². The maximum atomic E-state index is 5.72. The fourth-order valence-corrected chi connectivity index (χ4v) is 2.17. The predicted octanol–water partition coefficient (Wildman–Crippen LogP) is 2.66. The summed E-state index contributed by atoms with van der Waals surface area (Å²) in [5, 5.41) is 0. The summed E-state index contributed by atoms with van der Waals surface area (Å²) in [6.07, 6.45) is 0. The van der Waals surface area contributed by atoms with Crippen LogP contribution in [-0.2, 0) is 6.54 Å². The topological polar surface area (TPSA) is 35.2 Å². The molecule has 0 bridgehead atoms. The molecule has 0 aliphatic carbocycles. The fourth-order valence-electron chi connectivity index (χ4n) is 1.33. The third-order valence-electron chi connectivity index (χ3n) is 1.89. The smallest absolute Gasteiger partial charge is 0.124 e. The van der Waals surface area contributed by atoms with Gasteiger partial charge in [-0.2, -0.15) is 0 Å². The first kappa shape index (κ1) is 11.4. The SMILES string of the molecule is CCOc1cccc(SCC)c1CN. The minimum atomic E-state index is 0.540. The van der Waals surface area contributed by atoms with Gasteiger partial charge in [0, 0.05) is 17.0 Å². The van der Waals surface area contributed by atoms with Crippen LogP contribution in [0.2, 0.25) is 0 Å². The van der Waals surface area contributed by atoms with Crippen LogP contribution >= 0.6 is 11.8 Å². The van der Waals surface area contributed by atoms with Gasteiger partial charge in [0.25, 0.3) is 0 Å². The van der Waals surface area contributed by atoms with Crippen LogP contribution in [0.3, 0.4) is 0 Å². The van der Waals surface area contributed by atoms with E-state index in [0.717, 1.165) is 17.1 Å². The molecule has 0 atom stereocenters. The van der Waals surface area contributed by atoms with Gasteiger partial charge in [0.05, 0.1) is 6.61 Å². The number of nitrogens with two attached hydrogens (primary N) is 1. The third-order valence-corrected chi connectivity index (χ3v) is 2.88. The molecule has 0 aliphatic rings. The summed E-state index contributed by atoms with van der Waals surface area (Å²) in [6, 6.07) is 6.09. The summed E-state index contributed by atoms with van der Waals surface area (Å²) in [5.41, 5.74) is 6.84. The molecule has 0 aliphatic heterocycles. The molecule has 2 N–H and O–H groups in total. The fraction of sp³-hybridized carbons (Fsp3) is 0.455. The Hall–Kier alpha value is -0.670. The van der Waals surface area contributed by atoms with Crippen LogP contribution in [0.5, 0.6) is 5.75 Å². The molecule has 14 heavy (non-hydrogen) atoms. The molecule has 0 fully saturated rings. The molecule has 0 saturated carbocycles. The zero-order chi connectivity index (χ0) is 10.4. The highest BCUT2D eigenvalue weighted by Crippen LogP contribution is 2.29. The van der Waals surface area contributed by atoms with E-state index in [1.54, 1.807) is 11.8 Å². The standard InChI is InChI=1S/C11H17NOS/c1-3-13-10-6-5-7-11(14-4-2)9(10)8-12/h5-7H,3-4,8,12H2,1-2H3. The van der Waals surface area contributed by atoms with Crippen molar-refractivity contribution in [3.63, 3.8) is 0 Å². The lowest BCUT2D eigenvalue weighted by Gasteiger charge is -2.12. The number of ether oxygens (including phenoxy) is 1. The van der Waals surface area contributed by atoms with Gasteiger partial charge in [0.15, 0.2) is 0 Å². The molecule has 1 aromatic carbocycles. The Morgan fingerprint density at radius 1 is 1.36 bits per heavy atom. The molecule has 3 heteroatoms. The highest BCUT2D eigenvalue weighted by Gasteiger charge is 2.06. The van der Waals surface area contributed by atoms with Crippen LogP contribution in [0.4, 0.5) is 0 Å². The van der Waals surface area contributed by atoms with Gasteiger partial charge in [0.1, 0.15) is 5.75 Å². The molecular formula is C11H17NOS. The van der Waals surface area contributed by atoms with Gasteiger partial charge in [0.2, 0.25) is 0 Å². The van der Waals surface area contributed by atoms with Crippen molar-refractivity contribution >= 4 is 11.8 Å². The van der Waals surface area contributed by atoms with E-state index in [9.17, 15) is 0 Å². The van der Waals surface area contributed by atoms with E-state index in [-0.39, 0.29) is 0 Å². The molecule has 1 aromatic rings. The summed E-state index contributed by atoms with van der Waals surface area (Å²) in [5.74, 6) is 1.98. The molecule has 78 valence electrons. The van der Waals surface area contributed by atoms with Gasteiger partial charge in [-0.3, -0.25) is 0 Å². The van der Waals surface area contributed by atoms with E-state index in [0.29, 0.717) is 13.2 Å². The highest BCUT2D eigenvalue weighted by molar-refractivity contribution is 7.99. The van der Waals surface area contributed by atoms with Gasteiger partial charge in [-0.05, 0) is 24.8 Å². The summed E-state index contributed by atoms with van der Waals surface area (Å²) in [6.45, 7) is 5.35. The van der Waals surface area contributed by atoms with Crippen LogP contribution in [-0.4, -0.2) is 12.4 Å². The molecule has 0 aromatic heterocycles. The van der Waals surface area contributed by atoms with Crippen molar-refractivity contribution in [2.45, 2.75) is 25.3 Å². The maximum absolute atomic E-state index is 5.72. The number of benzene rings is 1. The van der Waals surface area contributed by atoms with Gasteiger partial charge in [-0.15, -0.1) is 11.8 Å². The average Bonchev–Trinajstić information content (AvgIpc) is 2.19. The first-order valence-corrected chi connectivity index (χ1v) is 5.89. The van der Waals surface area contributed by atoms with Crippen molar-refractivity contribution < 1.29 is 4.74 Å². The Morgan fingerprint density at radius 3 is 2.71 bits per heavy atom. The molecule has 0 amide bonds. The summed E-state index contributed by atoms with van der Waals surface area (Å²) >= 11 is 1.81. The Kier molecular flexibility index (Phi) is 4.84. The molecule has 0 saturated heterocycles. The van der Waals surface area contributed by atoms with Crippen molar-refractivity contribution in [2.75, 3.05) is 12.4 Å². The average molecular weight is 211 g/mol. The lowest BCUT2D eigenvalue weighted by molar-refractivity contribution is 0.335. The van der Waals surface area contributed by atoms with E-state index in [1.807, 2.05) is 19.1 Å². The lowest BCUT2D eigenvalue weighted by Crippen LogP contribution is -2.03. The molecule has 0 unspecified atom stereocenters. The minimum Gasteiger partial charge on any atom is -0.494 e. The van der Waals surface area contributed by atoms with E-state index < -0.39 is 0 Å². The maximum Gasteiger partial charge on any atom is 0.124 e. The van der Waals surface area contributed by atoms with E-state index >= 15 is 0 Å². The van der Waals surface area contributed by atoms with Crippen LogP contribution in [0.1, 0.15) is 19.4 Å². The van der Waals surface area contributed by atoms with Gasteiger partial charge >= 0.3 is 0 Å². The predicted molar refractivity (Wildman–Crippen MR) is 61.9 cm³/mol. The summed E-state index contributed by atoms with van der Waals surface area (Å²) in [4.78, 5) is 1.24. The highest BCUT2D eigenvalue weighted by atomic mass is 32.2. The normalized spacial score (nSPS) is 10.2. The molecule has 0 heterocycles. The van der Waals surface area contributed by atoms with E-state index in [4.69, 9.17) is 10.5 Å². The Labute approximate surface area is 89.8 Å². The van der Waals surface area contributed by atoms with E-state index in [2.05, 4.69) is 13.0 Å². The molecule has 1 rings (SSSR count). The first-order valence-electron chi connectivity index (χ1n) is 4.91. The number of hydrogen-bond donors (Lipinski definition) is 1. The van der Waals surface area contributed by atoms with Crippen molar-refractivity contribution in [1.29, 1.82) is 0 Å². The summed E-state index contributed by atoms with van der Waals surface area (Å²) < 4.78 is 5.52. The van der Waals surface area contributed by atoms with Crippen LogP contribution in [0.25, 0.3) is 0 Å². The second-order valence-electron chi connectivity index (χ2n) is 2.80. The van der Waals surface area contributed by atoms with Crippen molar-refractivity contribution in [2.24, 2.45) is 5.73 Å². The van der Waals surface area contributed by atoms with Crippen molar-refractivity contribution in [3.05, 3.63) is 23.8 Å². The second-order valence-corrected chi connectivity index (χ2v) is 4.11. The third kappa shape index (κ3) is 2.66. The largest absolute Gasteiger partial charge is 0.494 e. The van der Waals surface area contributed by atoms with Crippen molar-refractivity contribution in [1.82, 2.24) is 0 Å².